The van der Waals surface area contributed by atoms with Gasteiger partial charge in [0.05, 0.1) is 7.11 Å². The molecule has 4 nitrogen and oxygen atoms in total. The summed E-state index contributed by atoms with van der Waals surface area (Å²) in [6.07, 6.45) is 2.09. The van der Waals surface area contributed by atoms with E-state index in [0.717, 1.165) is 12.8 Å². The van der Waals surface area contributed by atoms with Crippen LogP contribution in [0.1, 0.15) is 25.3 Å². The van der Waals surface area contributed by atoms with E-state index in [0.29, 0.717) is 17.4 Å². The van der Waals surface area contributed by atoms with Gasteiger partial charge in [0.2, 0.25) is 0 Å². The molecule has 2 rings (SSSR count). The van der Waals surface area contributed by atoms with E-state index in [-0.39, 0.29) is 18.4 Å². The van der Waals surface area contributed by atoms with Crippen molar-refractivity contribution >= 4 is 5.97 Å². The summed E-state index contributed by atoms with van der Waals surface area (Å²) in [5.41, 5.74) is -0.360. The number of hydrogen-bond donors (Lipinski definition) is 1. The van der Waals surface area contributed by atoms with Gasteiger partial charge < -0.3 is 9.47 Å². The van der Waals surface area contributed by atoms with Crippen molar-refractivity contribution in [1.29, 1.82) is 0 Å². The number of aryl methyl sites for hydroxylation is 1. The summed E-state index contributed by atoms with van der Waals surface area (Å²) in [5.74, 6) is -0.296. The van der Waals surface area contributed by atoms with Gasteiger partial charge in [-0.15, -0.1) is 0 Å². The molecule has 0 aliphatic heterocycles. The minimum Gasteiger partial charge on any atom is -0.491 e. The molecule has 1 N–H and O–H groups in total. The van der Waals surface area contributed by atoms with Gasteiger partial charge in [-0.1, -0.05) is 6.07 Å². The predicted molar refractivity (Wildman–Crippen MR) is 73.2 cm³/mol. The van der Waals surface area contributed by atoms with Crippen LogP contribution in [-0.2, 0) is 9.53 Å². The van der Waals surface area contributed by atoms with Gasteiger partial charge in [-0.2, -0.15) is 0 Å². The molecular weight excluding hydrogens is 261 g/mol. The Kier molecular flexibility index (Phi) is 4.28. The van der Waals surface area contributed by atoms with E-state index in [1.54, 1.807) is 26.0 Å². The first-order valence-electron chi connectivity index (χ1n) is 6.70. The third-order valence-corrected chi connectivity index (χ3v) is 3.41. The quantitative estimate of drug-likeness (QED) is 0.812. The summed E-state index contributed by atoms with van der Waals surface area (Å²) < 4.78 is 23.8. The van der Waals surface area contributed by atoms with Gasteiger partial charge in [0.25, 0.3) is 0 Å². The van der Waals surface area contributed by atoms with Gasteiger partial charge >= 0.3 is 5.97 Å². The van der Waals surface area contributed by atoms with Gasteiger partial charge in [0.1, 0.15) is 23.7 Å². The molecule has 1 aliphatic rings. The van der Waals surface area contributed by atoms with Crippen molar-refractivity contribution in [2.75, 3.05) is 13.7 Å². The summed E-state index contributed by atoms with van der Waals surface area (Å²) in [4.78, 5) is 11.9. The average molecular weight is 281 g/mol. The maximum absolute atomic E-state index is 13.5. The second-order valence-corrected chi connectivity index (χ2v) is 5.44. The molecule has 0 bridgehead atoms. The molecule has 1 saturated carbocycles. The number of rotatable bonds is 6. The Morgan fingerprint density at radius 2 is 2.20 bits per heavy atom. The van der Waals surface area contributed by atoms with Crippen LogP contribution in [0.15, 0.2) is 18.2 Å². The third-order valence-electron chi connectivity index (χ3n) is 3.41. The number of hydrogen-bond acceptors (Lipinski definition) is 4. The normalized spacial score (nSPS) is 17.4. The molecule has 1 fully saturated rings. The molecule has 0 aromatic heterocycles. The van der Waals surface area contributed by atoms with Crippen LogP contribution in [0.3, 0.4) is 0 Å². The van der Waals surface area contributed by atoms with Crippen molar-refractivity contribution in [3.8, 4) is 5.75 Å². The molecule has 1 unspecified atom stereocenters. The van der Waals surface area contributed by atoms with Gasteiger partial charge in [-0.3, -0.25) is 5.32 Å². The van der Waals surface area contributed by atoms with E-state index in [9.17, 15) is 9.18 Å². The average Bonchev–Trinajstić information content (AvgIpc) is 3.23. The number of ether oxygens (including phenoxy) is 2. The maximum atomic E-state index is 13.5. The molecule has 0 amide bonds. The molecule has 0 radical (unpaired) electrons. The van der Waals surface area contributed by atoms with E-state index < -0.39 is 5.54 Å². The molecule has 1 aliphatic carbocycles. The second kappa shape index (κ2) is 5.79. The summed E-state index contributed by atoms with van der Waals surface area (Å²) in [5, 5.41) is 3.22. The molecular formula is C15H20FNO3. The van der Waals surface area contributed by atoms with Crippen molar-refractivity contribution in [3.63, 3.8) is 0 Å². The van der Waals surface area contributed by atoms with Crippen LogP contribution in [-0.4, -0.2) is 31.3 Å². The Morgan fingerprint density at radius 3 is 2.75 bits per heavy atom. The number of carbonyl (C=O) groups is 1. The summed E-state index contributed by atoms with van der Waals surface area (Å²) in [6, 6.07) is 4.99. The number of nitrogens with one attached hydrogen (secondary N) is 1. The first-order chi connectivity index (χ1) is 9.44. The highest BCUT2D eigenvalue weighted by atomic mass is 19.1. The second-order valence-electron chi connectivity index (χ2n) is 5.44. The molecule has 0 spiro atoms. The largest absolute Gasteiger partial charge is 0.491 e. The number of carbonyl (C=O) groups excluding carboxylic acids is 1. The lowest BCUT2D eigenvalue weighted by molar-refractivity contribution is -0.149. The zero-order valence-corrected chi connectivity index (χ0v) is 12.0. The van der Waals surface area contributed by atoms with E-state index in [1.165, 1.54) is 13.2 Å². The topological polar surface area (TPSA) is 47.6 Å². The fraction of sp³-hybridized carbons (Fsp3) is 0.533. The van der Waals surface area contributed by atoms with Crippen molar-refractivity contribution in [1.82, 2.24) is 5.32 Å². The van der Waals surface area contributed by atoms with Crippen LogP contribution >= 0.6 is 0 Å². The van der Waals surface area contributed by atoms with Crippen molar-refractivity contribution in [2.45, 2.75) is 38.3 Å². The smallest absolute Gasteiger partial charge is 0.329 e. The van der Waals surface area contributed by atoms with Crippen molar-refractivity contribution in [2.24, 2.45) is 0 Å². The minimum atomic E-state index is -0.919. The number of benzene rings is 1. The molecule has 5 heteroatoms. The Labute approximate surface area is 118 Å². The van der Waals surface area contributed by atoms with E-state index in [1.807, 2.05) is 0 Å². The highest BCUT2D eigenvalue weighted by molar-refractivity contribution is 5.80. The Bertz CT molecular complexity index is 502. The first kappa shape index (κ1) is 14.8. The SMILES string of the molecule is COC(=O)C(C)(COc1ccc(C)c(F)c1)NC1CC1. The molecule has 1 aromatic rings. The lowest BCUT2D eigenvalue weighted by atomic mass is 10.0. The molecule has 0 heterocycles. The van der Waals surface area contributed by atoms with Crippen LogP contribution in [0.25, 0.3) is 0 Å². The fourth-order valence-electron chi connectivity index (χ4n) is 1.95. The monoisotopic (exact) mass is 281 g/mol. The number of esters is 1. The van der Waals surface area contributed by atoms with Crippen LogP contribution in [0.4, 0.5) is 4.39 Å². The van der Waals surface area contributed by atoms with E-state index in [4.69, 9.17) is 9.47 Å². The summed E-state index contributed by atoms with van der Waals surface area (Å²) >= 11 is 0. The predicted octanol–water partition coefficient (Wildman–Crippen LogP) is 2.20. The van der Waals surface area contributed by atoms with Gasteiger partial charge in [0.15, 0.2) is 0 Å². The molecule has 1 aromatic carbocycles. The van der Waals surface area contributed by atoms with Gasteiger partial charge in [-0.25, -0.2) is 9.18 Å². The summed E-state index contributed by atoms with van der Waals surface area (Å²) in [6.45, 7) is 3.52. The number of halogens is 1. The van der Waals surface area contributed by atoms with Gasteiger partial charge in [-0.05, 0) is 38.3 Å². The minimum absolute atomic E-state index is 0.0959. The molecule has 20 heavy (non-hydrogen) atoms. The zero-order valence-electron chi connectivity index (χ0n) is 12.0. The third kappa shape index (κ3) is 3.48. The molecule has 110 valence electrons. The molecule has 1 atom stereocenters. The van der Waals surface area contributed by atoms with Crippen molar-refractivity contribution < 1.29 is 18.7 Å². The Morgan fingerprint density at radius 1 is 1.50 bits per heavy atom. The fourth-order valence-corrected chi connectivity index (χ4v) is 1.95. The van der Waals surface area contributed by atoms with Gasteiger partial charge in [0, 0.05) is 12.1 Å². The lowest BCUT2D eigenvalue weighted by Gasteiger charge is -2.28. The standard InChI is InChI=1S/C15H20FNO3/c1-10-4-7-12(8-13(10)16)20-9-15(2,14(18)19-3)17-11-5-6-11/h4,7-8,11,17H,5-6,9H2,1-3H3. The van der Waals surface area contributed by atoms with Crippen LogP contribution in [0, 0.1) is 12.7 Å². The maximum Gasteiger partial charge on any atom is 0.329 e. The van der Waals surface area contributed by atoms with E-state index >= 15 is 0 Å². The summed E-state index contributed by atoms with van der Waals surface area (Å²) in [7, 11) is 1.35. The highest BCUT2D eigenvalue weighted by Crippen LogP contribution is 2.24. The lowest BCUT2D eigenvalue weighted by Crippen LogP contribution is -2.55. The first-order valence-corrected chi connectivity index (χ1v) is 6.70. The number of methoxy groups -OCH3 is 1. The Hall–Kier alpha value is -1.62. The van der Waals surface area contributed by atoms with E-state index in [2.05, 4.69) is 5.32 Å². The Balaban J connectivity index is 2.03. The van der Waals surface area contributed by atoms with Crippen LogP contribution in [0.2, 0.25) is 0 Å². The zero-order chi connectivity index (χ0) is 14.8. The van der Waals surface area contributed by atoms with Crippen LogP contribution < -0.4 is 10.1 Å². The van der Waals surface area contributed by atoms with Crippen molar-refractivity contribution in [3.05, 3.63) is 29.6 Å². The molecule has 0 saturated heterocycles. The highest BCUT2D eigenvalue weighted by Gasteiger charge is 2.40. The van der Waals surface area contributed by atoms with Crippen LogP contribution in [0.5, 0.6) is 5.75 Å².